The fourth-order valence-corrected chi connectivity index (χ4v) is 3.63. The van der Waals surface area contributed by atoms with E-state index in [1.807, 2.05) is 11.3 Å². The van der Waals surface area contributed by atoms with Crippen LogP contribution in [0.2, 0.25) is 0 Å². The number of hydrogen-bond donors (Lipinski definition) is 2. The molecule has 1 atom stereocenters. The van der Waals surface area contributed by atoms with Crippen molar-refractivity contribution in [3.8, 4) is 0 Å². The second-order valence-corrected chi connectivity index (χ2v) is 6.19. The molecule has 1 saturated heterocycles. The summed E-state index contributed by atoms with van der Waals surface area (Å²) in [7, 11) is 0. The molecule has 0 aliphatic carbocycles. The first kappa shape index (κ1) is 14.0. The summed E-state index contributed by atoms with van der Waals surface area (Å²) in [5, 5.41) is 9.41. The van der Waals surface area contributed by atoms with Gasteiger partial charge in [-0.3, -0.25) is 0 Å². The lowest BCUT2D eigenvalue weighted by molar-refractivity contribution is 0.373. The molecular formula is C15H26N2S. The van der Waals surface area contributed by atoms with Gasteiger partial charge < -0.3 is 10.6 Å². The standard InChI is InChI=1S/C15H26N2S/c1-2-13-8-11-18-15(13)12-16-9-5-7-14-6-3-4-10-17-14/h8,11,14,16-17H,2-7,9-10,12H2,1H3. The molecule has 1 aliphatic rings. The van der Waals surface area contributed by atoms with E-state index in [0.29, 0.717) is 0 Å². The number of rotatable bonds is 7. The van der Waals surface area contributed by atoms with Crippen molar-refractivity contribution in [3.05, 3.63) is 21.9 Å². The molecule has 0 radical (unpaired) electrons. The molecular weight excluding hydrogens is 240 g/mol. The van der Waals surface area contributed by atoms with Crippen LogP contribution in [0.3, 0.4) is 0 Å². The van der Waals surface area contributed by atoms with Crippen LogP contribution in [-0.4, -0.2) is 19.1 Å². The Hall–Kier alpha value is -0.380. The lowest BCUT2D eigenvalue weighted by Crippen LogP contribution is -2.34. The summed E-state index contributed by atoms with van der Waals surface area (Å²) in [5.74, 6) is 0. The highest BCUT2D eigenvalue weighted by atomic mass is 32.1. The Balaban J connectivity index is 1.55. The lowest BCUT2D eigenvalue weighted by Gasteiger charge is -2.23. The van der Waals surface area contributed by atoms with Crippen molar-refractivity contribution in [2.24, 2.45) is 0 Å². The average Bonchev–Trinajstić information content (AvgIpc) is 2.87. The summed E-state index contributed by atoms with van der Waals surface area (Å²) >= 11 is 1.89. The van der Waals surface area contributed by atoms with E-state index in [0.717, 1.165) is 25.6 Å². The van der Waals surface area contributed by atoms with Gasteiger partial charge in [0.2, 0.25) is 0 Å². The molecule has 3 heteroatoms. The first-order chi connectivity index (χ1) is 8.90. The highest BCUT2D eigenvalue weighted by Crippen LogP contribution is 2.17. The van der Waals surface area contributed by atoms with E-state index in [4.69, 9.17) is 0 Å². The van der Waals surface area contributed by atoms with Crippen LogP contribution in [0.5, 0.6) is 0 Å². The zero-order valence-corrected chi connectivity index (χ0v) is 12.3. The van der Waals surface area contributed by atoms with Gasteiger partial charge in [-0.25, -0.2) is 0 Å². The van der Waals surface area contributed by atoms with E-state index in [1.54, 1.807) is 0 Å². The summed E-state index contributed by atoms with van der Waals surface area (Å²) in [6, 6.07) is 3.04. The predicted octanol–water partition coefficient (Wildman–Crippen LogP) is 3.32. The fourth-order valence-electron chi connectivity index (χ4n) is 2.68. The molecule has 1 aromatic rings. The molecule has 2 heterocycles. The molecule has 102 valence electrons. The van der Waals surface area contributed by atoms with Crippen LogP contribution in [0.15, 0.2) is 11.4 Å². The number of nitrogens with one attached hydrogen (secondary N) is 2. The first-order valence-electron chi connectivity index (χ1n) is 7.39. The molecule has 1 aliphatic heterocycles. The van der Waals surface area contributed by atoms with Crippen molar-refractivity contribution in [1.29, 1.82) is 0 Å². The fraction of sp³-hybridized carbons (Fsp3) is 0.733. The third-order valence-corrected chi connectivity index (χ3v) is 4.79. The third kappa shape index (κ3) is 4.38. The maximum Gasteiger partial charge on any atom is 0.0302 e. The van der Waals surface area contributed by atoms with Crippen LogP contribution >= 0.6 is 11.3 Å². The van der Waals surface area contributed by atoms with E-state index in [2.05, 4.69) is 29.0 Å². The maximum atomic E-state index is 3.62. The minimum atomic E-state index is 0.786. The Kier molecular flexibility index (Phi) is 6.18. The summed E-state index contributed by atoms with van der Waals surface area (Å²) in [6.45, 7) is 5.67. The van der Waals surface area contributed by atoms with Gasteiger partial charge >= 0.3 is 0 Å². The molecule has 2 rings (SSSR count). The second kappa shape index (κ2) is 7.93. The number of thiophene rings is 1. The van der Waals surface area contributed by atoms with E-state index < -0.39 is 0 Å². The molecule has 2 N–H and O–H groups in total. The Bertz CT molecular complexity index is 329. The van der Waals surface area contributed by atoms with Gasteiger partial charge in [-0.05, 0) is 62.2 Å². The van der Waals surface area contributed by atoms with Crippen LogP contribution in [0.1, 0.15) is 49.5 Å². The highest BCUT2D eigenvalue weighted by Gasteiger charge is 2.11. The highest BCUT2D eigenvalue weighted by molar-refractivity contribution is 7.10. The van der Waals surface area contributed by atoms with Gasteiger partial charge in [0.15, 0.2) is 0 Å². The van der Waals surface area contributed by atoms with Crippen LogP contribution < -0.4 is 10.6 Å². The molecule has 1 fully saturated rings. The zero-order chi connectivity index (χ0) is 12.6. The molecule has 1 aromatic heterocycles. The molecule has 0 bridgehead atoms. The maximum absolute atomic E-state index is 3.62. The van der Waals surface area contributed by atoms with Gasteiger partial charge in [-0.2, -0.15) is 0 Å². The van der Waals surface area contributed by atoms with Crippen LogP contribution in [0, 0.1) is 0 Å². The van der Waals surface area contributed by atoms with Crippen molar-refractivity contribution in [1.82, 2.24) is 10.6 Å². The minimum absolute atomic E-state index is 0.786. The monoisotopic (exact) mass is 266 g/mol. The second-order valence-electron chi connectivity index (χ2n) is 5.19. The minimum Gasteiger partial charge on any atom is -0.314 e. The van der Waals surface area contributed by atoms with Crippen LogP contribution in [-0.2, 0) is 13.0 Å². The molecule has 0 saturated carbocycles. The van der Waals surface area contributed by atoms with Gasteiger partial charge in [-0.15, -0.1) is 11.3 Å². The molecule has 0 amide bonds. The number of piperidine rings is 1. The smallest absolute Gasteiger partial charge is 0.0302 e. The quantitative estimate of drug-likeness (QED) is 0.740. The summed E-state index contributed by atoms with van der Waals surface area (Å²) in [5.41, 5.74) is 1.52. The van der Waals surface area contributed by atoms with Gasteiger partial charge in [0, 0.05) is 17.5 Å². The molecule has 1 unspecified atom stereocenters. The van der Waals surface area contributed by atoms with Crippen molar-refractivity contribution in [2.45, 2.75) is 58.0 Å². The summed E-state index contributed by atoms with van der Waals surface area (Å²) in [4.78, 5) is 1.52. The van der Waals surface area contributed by atoms with Crippen molar-refractivity contribution in [3.63, 3.8) is 0 Å². The predicted molar refractivity (Wildman–Crippen MR) is 80.3 cm³/mol. The third-order valence-electron chi connectivity index (χ3n) is 3.82. The van der Waals surface area contributed by atoms with Gasteiger partial charge in [0.1, 0.15) is 0 Å². The lowest BCUT2D eigenvalue weighted by atomic mass is 10.0. The topological polar surface area (TPSA) is 24.1 Å². The van der Waals surface area contributed by atoms with E-state index in [-0.39, 0.29) is 0 Å². The van der Waals surface area contributed by atoms with Crippen molar-refractivity contribution >= 4 is 11.3 Å². The number of aryl methyl sites for hydroxylation is 1. The molecule has 0 aromatic carbocycles. The first-order valence-corrected chi connectivity index (χ1v) is 8.27. The Morgan fingerprint density at radius 2 is 2.39 bits per heavy atom. The van der Waals surface area contributed by atoms with Crippen LogP contribution in [0.25, 0.3) is 0 Å². The zero-order valence-electron chi connectivity index (χ0n) is 11.5. The Labute approximate surface area is 115 Å². The summed E-state index contributed by atoms with van der Waals surface area (Å²) in [6.07, 6.45) is 7.95. The van der Waals surface area contributed by atoms with Gasteiger partial charge in [-0.1, -0.05) is 13.3 Å². The molecule has 0 spiro atoms. The molecule has 2 nitrogen and oxygen atoms in total. The van der Waals surface area contributed by atoms with E-state index in [1.165, 1.54) is 49.1 Å². The SMILES string of the molecule is CCc1ccsc1CNCCCC1CCCCN1. The normalized spacial score (nSPS) is 20.2. The average molecular weight is 266 g/mol. The van der Waals surface area contributed by atoms with Gasteiger partial charge in [0.25, 0.3) is 0 Å². The van der Waals surface area contributed by atoms with Crippen molar-refractivity contribution in [2.75, 3.05) is 13.1 Å². The Morgan fingerprint density at radius 1 is 1.44 bits per heavy atom. The van der Waals surface area contributed by atoms with E-state index in [9.17, 15) is 0 Å². The largest absolute Gasteiger partial charge is 0.314 e. The van der Waals surface area contributed by atoms with Gasteiger partial charge in [0.05, 0.1) is 0 Å². The Morgan fingerprint density at radius 3 is 3.17 bits per heavy atom. The number of hydrogen-bond acceptors (Lipinski definition) is 3. The summed E-state index contributed by atoms with van der Waals surface area (Å²) < 4.78 is 0. The van der Waals surface area contributed by atoms with Crippen LogP contribution in [0.4, 0.5) is 0 Å². The van der Waals surface area contributed by atoms with E-state index >= 15 is 0 Å². The molecule has 18 heavy (non-hydrogen) atoms. The van der Waals surface area contributed by atoms with Crippen molar-refractivity contribution < 1.29 is 0 Å².